The molecule has 4 aromatic rings. The Morgan fingerprint density at radius 1 is 1.23 bits per heavy atom. The first-order chi connectivity index (χ1) is 12.7. The van der Waals surface area contributed by atoms with E-state index in [1.807, 2.05) is 30.3 Å². The van der Waals surface area contributed by atoms with Crippen molar-refractivity contribution in [3.05, 3.63) is 70.1 Å². The SMILES string of the molecule is CCc1cc2nc(-c3ccc(Cc4cn(SF)cn4)cc3)cc(Cl)c2s1. The van der Waals surface area contributed by atoms with E-state index in [0.717, 1.165) is 44.2 Å². The Morgan fingerprint density at radius 3 is 2.73 bits per heavy atom. The molecule has 0 aliphatic heterocycles. The summed E-state index contributed by atoms with van der Waals surface area (Å²) in [5.41, 5.74) is 4.78. The summed E-state index contributed by atoms with van der Waals surface area (Å²) in [7, 11) is 0. The van der Waals surface area contributed by atoms with Gasteiger partial charge in [-0.05, 0) is 24.1 Å². The highest BCUT2D eigenvalue weighted by Crippen LogP contribution is 2.34. The number of aromatic nitrogens is 3. The minimum absolute atomic E-state index is 0.140. The third kappa shape index (κ3) is 3.49. The normalized spacial score (nSPS) is 11.3. The van der Waals surface area contributed by atoms with Gasteiger partial charge in [0.15, 0.2) is 12.3 Å². The summed E-state index contributed by atoms with van der Waals surface area (Å²) in [6, 6.07) is 12.2. The predicted molar refractivity (Wildman–Crippen MR) is 109 cm³/mol. The van der Waals surface area contributed by atoms with Crippen molar-refractivity contribution in [3.8, 4) is 11.3 Å². The standard InChI is InChI=1S/C19H15ClFN3S2/c1-2-15-8-18-19(25-15)16(20)9-17(23-18)13-5-3-12(4-6-13)7-14-10-24(26-21)11-22-14/h3-6,8-11H,2,7H2,1H3. The first kappa shape index (κ1) is 17.5. The minimum Gasteiger partial charge on any atom is -0.252 e. The molecule has 7 heteroatoms. The van der Waals surface area contributed by atoms with Gasteiger partial charge in [0.1, 0.15) is 6.33 Å². The van der Waals surface area contributed by atoms with Crippen LogP contribution in [0.1, 0.15) is 23.1 Å². The molecule has 0 N–H and O–H groups in total. The summed E-state index contributed by atoms with van der Waals surface area (Å²) in [6.45, 7) is 2.13. The second-order valence-electron chi connectivity index (χ2n) is 5.94. The van der Waals surface area contributed by atoms with Crippen molar-refractivity contribution in [2.45, 2.75) is 19.8 Å². The van der Waals surface area contributed by atoms with Crippen LogP contribution >= 0.6 is 35.3 Å². The van der Waals surface area contributed by atoms with Crippen LogP contribution in [-0.4, -0.2) is 13.9 Å². The largest absolute Gasteiger partial charge is 0.252 e. The van der Waals surface area contributed by atoms with Crippen molar-refractivity contribution in [3.63, 3.8) is 0 Å². The fourth-order valence-electron chi connectivity index (χ4n) is 2.83. The number of benzene rings is 1. The van der Waals surface area contributed by atoms with Crippen molar-refractivity contribution in [2.24, 2.45) is 0 Å². The molecule has 0 spiro atoms. The Labute approximate surface area is 164 Å². The second kappa shape index (κ2) is 7.39. The van der Waals surface area contributed by atoms with E-state index in [9.17, 15) is 3.89 Å². The molecule has 4 rings (SSSR count). The van der Waals surface area contributed by atoms with Gasteiger partial charge in [-0.15, -0.1) is 15.2 Å². The Bertz CT molecular complexity index is 1060. The molecule has 0 saturated heterocycles. The van der Waals surface area contributed by atoms with Gasteiger partial charge in [-0.3, -0.25) is 3.97 Å². The number of thiophene rings is 1. The molecule has 0 atom stereocenters. The van der Waals surface area contributed by atoms with Gasteiger partial charge < -0.3 is 0 Å². The second-order valence-corrected chi connectivity index (χ2v) is 8.04. The van der Waals surface area contributed by atoms with Crippen molar-refractivity contribution < 1.29 is 3.89 Å². The van der Waals surface area contributed by atoms with Crippen LogP contribution in [0.4, 0.5) is 3.89 Å². The van der Waals surface area contributed by atoms with Crippen LogP contribution in [0.25, 0.3) is 21.5 Å². The van der Waals surface area contributed by atoms with Gasteiger partial charge >= 0.3 is 0 Å². The summed E-state index contributed by atoms with van der Waals surface area (Å²) < 4.78 is 14.9. The van der Waals surface area contributed by atoms with Crippen molar-refractivity contribution in [1.82, 2.24) is 13.9 Å². The summed E-state index contributed by atoms with van der Waals surface area (Å²) in [5, 5.41) is 0.744. The number of hydrogen-bond donors (Lipinski definition) is 0. The van der Waals surface area contributed by atoms with Gasteiger partial charge in [-0.1, -0.05) is 42.8 Å². The number of pyridine rings is 1. The number of imidazole rings is 1. The highest BCUT2D eigenvalue weighted by Gasteiger charge is 2.10. The fraction of sp³-hybridized carbons (Fsp3) is 0.158. The maximum absolute atomic E-state index is 12.5. The Balaban J connectivity index is 1.60. The van der Waals surface area contributed by atoms with E-state index in [4.69, 9.17) is 16.6 Å². The van der Waals surface area contributed by atoms with E-state index in [0.29, 0.717) is 6.42 Å². The molecular formula is C19H15ClFN3S2. The van der Waals surface area contributed by atoms with Crippen LogP contribution in [0.15, 0.2) is 48.9 Å². The first-order valence-electron chi connectivity index (χ1n) is 8.16. The molecule has 1 aromatic carbocycles. The van der Waals surface area contributed by atoms with E-state index in [2.05, 4.69) is 18.0 Å². The van der Waals surface area contributed by atoms with Crippen LogP contribution in [0, 0.1) is 0 Å². The zero-order valence-corrected chi connectivity index (χ0v) is 16.3. The highest BCUT2D eigenvalue weighted by atomic mass is 35.5. The summed E-state index contributed by atoms with van der Waals surface area (Å²) >= 11 is 8.31. The molecule has 3 aromatic heterocycles. The van der Waals surface area contributed by atoms with E-state index in [-0.39, 0.29) is 12.3 Å². The van der Waals surface area contributed by atoms with Crippen LogP contribution in [0.2, 0.25) is 5.02 Å². The Hall–Kier alpha value is -1.89. The van der Waals surface area contributed by atoms with Gasteiger partial charge in [-0.25, -0.2) is 9.97 Å². The lowest BCUT2D eigenvalue weighted by Gasteiger charge is -2.05. The molecule has 0 unspecified atom stereocenters. The van der Waals surface area contributed by atoms with Crippen LogP contribution in [0.5, 0.6) is 0 Å². The average molecular weight is 404 g/mol. The highest BCUT2D eigenvalue weighted by molar-refractivity contribution is 7.92. The summed E-state index contributed by atoms with van der Waals surface area (Å²) in [5.74, 6) is 0. The lowest BCUT2D eigenvalue weighted by atomic mass is 10.1. The van der Waals surface area contributed by atoms with E-state index in [1.54, 1.807) is 17.5 Å². The zero-order valence-electron chi connectivity index (χ0n) is 13.9. The number of aryl methyl sites for hydroxylation is 1. The number of hydrogen-bond acceptors (Lipinski definition) is 4. The van der Waals surface area contributed by atoms with Crippen LogP contribution in [-0.2, 0) is 12.8 Å². The van der Waals surface area contributed by atoms with Gasteiger partial charge in [0.2, 0.25) is 0 Å². The fourth-order valence-corrected chi connectivity index (χ4v) is 4.33. The lowest BCUT2D eigenvalue weighted by Crippen LogP contribution is -1.89. The summed E-state index contributed by atoms with van der Waals surface area (Å²) in [4.78, 5) is 10.2. The molecule has 26 heavy (non-hydrogen) atoms. The number of rotatable bonds is 5. The molecule has 0 fully saturated rings. The third-order valence-corrected chi connectivity index (χ3v) is 6.23. The molecule has 3 heterocycles. The van der Waals surface area contributed by atoms with E-state index in [1.165, 1.54) is 15.2 Å². The molecular weight excluding hydrogens is 389 g/mol. The quantitative estimate of drug-likeness (QED) is 0.389. The third-order valence-electron chi connectivity index (χ3n) is 4.16. The van der Waals surface area contributed by atoms with Gasteiger partial charge in [0.05, 0.1) is 26.6 Å². The molecule has 0 amide bonds. The summed E-state index contributed by atoms with van der Waals surface area (Å²) in [6.07, 6.45) is 4.81. The Morgan fingerprint density at radius 2 is 2.04 bits per heavy atom. The van der Waals surface area contributed by atoms with E-state index >= 15 is 0 Å². The Kier molecular flexibility index (Phi) is 4.98. The van der Waals surface area contributed by atoms with Crippen molar-refractivity contribution in [2.75, 3.05) is 0 Å². The van der Waals surface area contributed by atoms with Gasteiger partial charge in [-0.2, -0.15) is 0 Å². The topological polar surface area (TPSA) is 30.7 Å². The molecule has 0 aliphatic carbocycles. The average Bonchev–Trinajstić information content (AvgIpc) is 3.29. The molecule has 0 radical (unpaired) electrons. The smallest absolute Gasteiger partial charge is 0.170 e. The maximum atomic E-state index is 12.5. The van der Waals surface area contributed by atoms with Crippen molar-refractivity contribution >= 4 is 45.5 Å². The number of fused-ring (bicyclic) bond motifs is 1. The van der Waals surface area contributed by atoms with Crippen LogP contribution in [0.3, 0.4) is 0 Å². The maximum Gasteiger partial charge on any atom is 0.170 e. The molecule has 0 aliphatic rings. The monoisotopic (exact) mass is 403 g/mol. The van der Waals surface area contributed by atoms with Crippen molar-refractivity contribution in [1.29, 1.82) is 0 Å². The minimum atomic E-state index is 0.140. The first-order valence-corrected chi connectivity index (χ1v) is 10.0. The number of nitrogens with zero attached hydrogens (tertiary/aromatic N) is 3. The molecule has 0 bridgehead atoms. The van der Waals surface area contributed by atoms with Crippen LogP contribution < -0.4 is 0 Å². The molecule has 0 saturated carbocycles. The van der Waals surface area contributed by atoms with Gasteiger partial charge in [0, 0.05) is 23.1 Å². The zero-order chi connectivity index (χ0) is 18.1. The molecule has 3 nitrogen and oxygen atoms in total. The lowest BCUT2D eigenvalue weighted by molar-refractivity contribution is 0.915. The number of halogens is 2. The van der Waals surface area contributed by atoms with E-state index < -0.39 is 0 Å². The predicted octanol–water partition coefficient (Wildman–Crippen LogP) is 6.35. The molecule has 132 valence electrons. The van der Waals surface area contributed by atoms with Gasteiger partial charge in [0.25, 0.3) is 0 Å².